The van der Waals surface area contributed by atoms with Gasteiger partial charge < -0.3 is 10.0 Å². The van der Waals surface area contributed by atoms with Crippen LogP contribution in [-0.2, 0) is 17.9 Å². The molecule has 30 heavy (non-hydrogen) atoms. The number of benzene rings is 2. The van der Waals surface area contributed by atoms with E-state index in [1.807, 2.05) is 0 Å². The van der Waals surface area contributed by atoms with E-state index in [1.54, 1.807) is 24.1 Å². The van der Waals surface area contributed by atoms with Gasteiger partial charge in [0.2, 0.25) is 0 Å². The first kappa shape index (κ1) is 22.3. The van der Waals surface area contributed by atoms with Gasteiger partial charge in [0, 0.05) is 24.4 Å². The number of thiocarbonyl (C=S) groups is 1. The molecule has 1 atom stereocenters. The van der Waals surface area contributed by atoms with Crippen molar-refractivity contribution in [2.24, 2.45) is 0 Å². The molecule has 3 rings (SSSR count). The monoisotopic (exact) mass is 452 g/mol. The number of thioether (sulfide) groups is 1. The average Bonchev–Trinajstić information content (AvgIpc) is 3.19. The third kappa shape index (κ3) is 5.59. The molecule has 5 nitrogen and oxygen atoms in total. The fraction of sp³-hybridized carbons (Fsp3) is 0.250. The Bertz CT molecular complexity index is 1000. The molecular weight excluding hydrogens is 433 g/mol. The van der Waals surface area contributed by atoms with Crippen molar-refractivity contribution >= 4 is 28.3 Å². The summed E-state index contributed by atoms with van der Waals surface area (Å²) in [6.07, 6.45) is 2.70. The molecule has 0 aliphatic heterocycles. The topological polar surface area (TPSA) is 54.2 Å². The zero-order chi connectivity index (χ0) is 21.7. The summed E-state index contributed by atoms with van der Waals surface area (Å²) in [7, 11) is 1.67. The Kier molecular flexibility index (Phi) is 7.11. The minimum atomic E-state index is -1.75. The van der Waals surface area contributed by atoms with Gasteiger partial charge in [0.25, 0.3) is 0 Å². The number of aliphatic hydroxyl groups is 1. The zero-order valence-electron chi connectivity index (χ0n) is 16.0. The summed E-state index contributed by atoms with van der Waals surface area (Å²) in [6.45, 7) is -0.171. The van der Waals surface area contributed by atoms with E-state index in [4.69, 9.17) is 12.2 Å². The molecule has 0 bridgehead atoms. The Hall–Kier alpha value is -2.43. The van der Waals surface area contributed by atoms with Gasteiger partial charge in [-0.2, -0.15) is 5.10 Å². The van der Waals surface area contributed by atoms with Crippen LogP contribution < -0.4 is 0 Å². The Balaban J connectivity index is 1.76. The first-order valence-electron chi connectivity index (χ1n) is 8.89. The summed E-state index contributed by atoms with van der Waals surface area (Å²) < 4.78 is 42.7. The van der Waals surface area contributed by atoms with Crippen LogP contribution in [0.3, 0.4) is 0 Å². The summed E-state index contributed by atoms with van der Waals surface area (Å²) in [6, 6.07) is 9.10. The van der Waals surface area contributed by atoms with Crippen LogP contribution in [0.2, 0.25) is 0 Å². The van der Waals surface area contributed by atoms with E-state index < -0.39 is 17.2 Å². The van der Waals surface area contributed by atoms with Crippen molar-refractivity contribution in [1.82, 2.24) is 19.7 Å². The van der Waals surface area contributed by atoms with Crippen LogP contribution >= 0.6 is 24.0 Å². The Labute approximate surface area is 181 Å². The van der Waals surface area contributed by atoms with Crippen molar-refractivity contribution in [3.63, 3.8) is 0 Å². The molecule has 158 valence electrons. The summed E-state index contributed by atoms with van der Waals surface area (Å²) in [5, 5.41) is 15.3. The van der Waals surface area contributed by atoms with E-state index in [9.17, 15) is 18.3 Å². The molecule has 1 heterocycles. The van der Waals surface area contributed by atoms with Gasteiger partial charge in [-0.15, -0.1) is 0 Å². The van der Waals surface area contributed by atoms with Gasteiger partial charge >= 0.3 is 0 Å². The normalized spacial score (nSPS) is 13.1. The molecule has 0 radical (unpaired) electrons. The van der Waals surface area contributed by atoms with Crippen LogP contribution in [0.1, 0.15) is 11.1 Å². The largest absolute Gasteiger partial charge is 0.381 e. The molecule has 0 aliphatic carbocycles. The fourth-order valence-corrected chi connectivity index (χ4v) is 3.97. The predicted octanol–water partition coefficient (Wildman–Crippen LogP) is 3.73. The summed E-state index contributed by atoms with van der Waals surface area (Å²) in [5.74, 6) is -1.41. The lowest BCUT2D eigenvalue weighted by molar-refractivity contribution is -0.00240. The standard InChI is InChI=1S/C20H19F3N4OS2/c1-26(19(29)30-9-14-2-4-15(21)5-3-14)10-20(28,11-27-13-24-12-25-27)17-7-6-16(22)8-18(17)23/h2-8,12-13,28H,9-11H2,1H3. The first-order valence-corrected chi connectivity index (χ1v) is 10.3. The van der Waals surface area contributed by atoms with Gasteiger partial charge in [-0.05, 0) is 23.8 Å². The molecule has 0 saturated carbocycles. The highest BCUT2D eigenvalue weighted by molar-refractivity contribution is 8.22. The van der Waals surface area contributed by atoms with Gasteiger partial charge in [0.1, 0.15) is 40.0 Å². The smallest absolute Gasteiger partial charge is 0.137 e. The van der Waals surface area contributed by atoms with Crippen LogP contribution in [0.25, 0.3) is 0 Å². The van der Waals surface area contributed by atoms with Crippen LogP contribution in [0.15, 0.2) is 55.1 Å². The van der Waals surface area contributed by atoms with Gasteiger partial charge in [0.05, 0.1) is 13.1 Å². The molecule has 10 heteroatoms. The maximum Gasteiger partial charge on any atom is 0.137 e. The van der Waals surface area contributed by atoms with Crippen molar-refractivity contribution < 1.29 is 18.3 Å². The lowest BCUT2D eigenvalue weighted by Crippen LogP contribution is -2.44. The van der Waals surface area contributed by atoms with Crippen molar-refractivity contribution in [3.05, 3.63) is 83.7 Å². The highest BCUT2D eigenvalue weighted by Crippen LogP contribution is 2.29. The minimum absolute atomic E-state index is 0.0648. The van der Waals surface area contributed by atoms with Crippen molar-refractivity contribution in [2.75, 3.05) is 13.6 Å². The second-order valence-electron chi connectivity index (χ2n) is 6.79. The molecule has 2 aromatic carbocycles. The lowest BCUT2D eigenvalue weighted by Gasteiger charge is -2.34. The number of hydrogen-bond donors (Lipinski definition) is 1. The lowest BCUT2D eigenvalue weighted by atomic mass is 9.92. The minimum Gasteiger partial charge on any atom is -0.381 e. The third-order valence-electron chi connectivity index (χ3n) is 4.41. The van der Waals surface area contributed by atoms with E-state index in [-0.39, 0.29) is 24.5 Å². The van der Waals surface area contributed by atoms with Crippen LogP contribution in [0.4, 0.5) is 13.2 Å². The number of likely N-dealkylation sites (N-methyl/N-ethyl adjacent to an activating group) is 1. The highest BCUT2D eigenvalue weighted by Gasteiger charge is 2.35. The van der Waals surface area contributed by atoms with E-state index in [0.717, 1.165) is 17.7 Å². The quantitative estimate of drug-likeness (QED) is 0.552. The van der Waals surface area contributed by atoms with Gasteiger partial charge in [0.15, 0.2) is 0 Å². The predicted molar refractivity (Wildman–Crippen MR) is 113 cm³/mol. The summed E-state index contributed by atoms with van der Waals surface area (Å²) in [5.41, 5.74) is -0.932. The molecular formula is C20H19F3N4OS2. The molecule has 1 aromatic heterocycles. The molecule has 0 amide bonds. The number of nitrogens with zero attached hydrogens (tertiary/aromatic N) is 4. The van der Waals surface area contributed by atoms with E-state index >= 15 is 0 Å². The van der Waals surface area contributed by atoms with E-state index in [2.05, 4.69) is 10.1 Å². The van der Waals surface area contributed by atoms with E-state index in [0.29, 0.717) is 10.1 Å². The summed E-state index contributed by atoms with van der Waals surface area (Å²) in [4.78, 5) is 5.45. The Morgan fingerprint density at radius 1 is 1.17 bits per heavy atom. The number of rotatable bonds is 7. The van der Waals surface area contributed by atoms with Gasteiger partial charge in [-0.3, -0.25) is 0 Å². The van der Waals surface area contributed by atoms with Crippen molar-refractivity contribution in [2.45, 2.75) is 17.9 Å². The second-order valence-corrected chi connectivity index (χ2v) is 8.40. The van der Waals surface area contributed by atoms with E-state index in [1.165, 1.54) is 47.3 Å². The molecule has 0 spiro atoms. The van der Waals surface area contributed by atoms with Crippen LogP contribution in [0.5, 0.6) is 0 Å². The zero-order valence-corrected chi connectivity index (χ0v) is 17.6. The van der Waals surface area contributed by atoms with Crippen molar-refractivity contribution in [3.8, 4) is 0 Å². The summed E-state index contributed by atoms with van der Waals surface area (Å²) >= 11 is 6.77. The second kappa shape index (κ2) is 9.59. The molecule has 0 fully saturated rings. The molecule has 1 unspecified atom stereocenters. The molecule has 3 aromatic rings. The van der Waals surface area contributed by atoms with Crippen molar-refractivity contribution in [1.29, 1.82) is 0 Å². The Morgan fingerprint density at radius 3 is 2.50 bits per heavy atom. The SMILES string of the molecule is CN(CC(O)(Cn1cncn1)c1ccc(F)cc1F)C(=S)SCc1ccc(F)cc1. The number of aromatic nitrogens is 3. The first-order chi connectivity index (χ1) is 14.3. The number of hydrogen-bond acceptors (Lipinski definition) is 5. The fourth-order valence-electron chi connectivity index (χ4n) is 2.96. The maximum atomic E-state index is 14.5. The number of halogens is 3. The highest BCUT2D eigenvalue weighted by atomic mass is 32.2. The molecule has 0 aliphatic rings. The van der Waals surface area contributed by atoms with Gasteiger partial charge in [-0.25, -0.2) is 22.8 Å². The Morgan fingerprint density at radius 2 is 1.87 bits per heavy atom. The van der Waals surface area contributed by atoms with Crippen LogP contribution in [0, 0.1) is 17.5 Å². The van der Waals surface area contributed by atoms with Crippen LogP contribution in [-0.4, -0.2) is 42.7 Å². The average molecular weight is 453 g/mol. The molecule has 0 saturated heterocycles. The van der Waals surface area contributed by atoms with Gasteiger partial charge in [-0.1, -0.05) is 42.2 Å². The molecule has 1 N–H and O–H groups in total. The maximum absolute atomic E-state index is 14.5. The third-order valence-corrected chi connectivity index (χ3v) is 6.11.